The molecule has 0 amide bonds. The van der Waals surface area contributed by atoms with E-state index in [-0.39, 0.29) is 6.04 Å². The molecule has 31 heavy (non-hydrogen) atoms. The van der Waals surface area contributed by atoms with Crippen molar-refractivity contribution in [2.24, 2.45) is 0 Å². The SMILES string of the molecule is C[C@@H]1COCCN1c1cc(-c2ccnc3[nH]ccc23)c2ccnc(-c3ccn[nH]3)c2n1. The van der Waals surface area contributed by atoms with E-state index < -0.39 is 0 Å². The summed E-state index contributed by atoms with van der Waals surface area (Å²) >= 11 is 0. The first-order valence-corrected chi connectivity index (χ1v) is 10.4. The molecule has 8 nitrogen and oxygen atoms in total. The lowest BCUT2D eigenvalue weighted by Gasteiger charge is -2.34. The van der Waals surface area contributed by atoms with Gasteiger partial charge in [0.1, 0.15) is 22.7 Å². The first kappa shape index (κ1) is 18.0. The Morgan fingerprint density at radius 1 is 1.03 bits per heavy atom. The van der Waals surface area contributed by atoms with Crippen LogP contribution < -0.4 is 4.90 Å². The maximum Gasteiger partial charge on any atom is 0.137 e. The molecule has 6 heterocycles. The minimum absolute atomic E-state index is 0.239. The lowest BCUT2D eigenvalue weighted by Crippen LogP contribution is -2.44. The maximum atomic E-state index is 5.66. The number of rotatable bonds is 3. The van der Waals surface area contributed by atoms with Gasteiger partial charge < -0.3 is 14.6 Å². The van der Waals surface area contributed by atoms with E-state index in [0.29, 0.717) is 13.2 Å². The van der Waals surface area contributed by atoms with Gasteiger partial charge in [-0.3, -0.25) is 10.1 Å². The van der Waals surface area contributed by atoms with Crippen LogP contribution in [0.4, 0.5) is 5.82 Å². The zero-order valence-corrected chi connectivity index (χ0v) is 17.0. The number of hydrogen-bond donors (Lipinski definition) is 2. The van der Waals surface area contributed by atoms with Gasteiger partial charge in [-0.25, -0.2) is 9.97 Å². The topological polar surface area (TPSA) is 95.6 Å². The van der Waals surface area contributed by atoms with E-state index in [9.17, 15) is 0 Å². The first-order chi connectivity index (χ1) is 15.3. The summed E-state index contributed by atoms with van der Waals surface area (Å²) in [4.78, 5) is 19.7. The average molecular weight is 411 g/mol. The van der Waals surface area contributed by atoms with Gasteiger partial charge in [0.15, 0.2) is 0 Å². The monoisotopic (exact) mass is 411 g/mol. The van der Waals surface area contributed by atoms with Gasteiger partial charge in [-0.15, -0.1) is 0 Å². The van der Waals surface area contributed by atoms with Gasteiger partial charge in [-0.05, 0) is 48.4 Å². The lowest BCUT2D eigenvalue weighted by atomic mass is 9.98. The maximum absolute atomic E-state index is 5.66. The quantitative estimate of drug-likeness (QED) is 0.469. The molecule has 6 rings (SSSR count). The molecule has 0 bridgehead atoms. The Hall–Kier alpha value is -3.78. The molecule has 1 aliphatic heterocycles. The van der Waals surface area contributed by atoms with E-state index in [4.69, 9.17) is 9.72 Å². The number of aromatic nitrogens is 6. The second kappa shape index (κ2) is 7.17. The number of aromatic amines is 2. The Bertz CT molecular complexity index is 1380. The molecular weight excluding hydrogens is 390 g/mol. The molecule has 1 saturated heterocycles. The summed E-state index contributed by atoms with van der Waals surface area (Å²) in [5, 5.41) is 9.27. The summed E-state index contributed by atoms with van der Waals surface area (Å²) in [7, 11) is 0. The zero-order valence-electron chi connectivity index (χ0n) is 17.0. The highest BCUT2D eigenvalue weighted by Crippen LogP contribution is 2.37. The Morgan fingerprint density at radius 2 is 1.97 bits per heavy atom. The second-order valence-corrected chi connectivity index (χ2v) is 7.77. The van der Waals surface area contributed by atoms with E-state index in [1.165, 1.54) is 0 Å². The molecule has 5 aromatic rings. The van der Waals surface area contributed by atoms with E-state index >= 15 is 0 Å². The standard InChI is InChI=1S/C23H21N7O/c1-14-13-31-11-10-30(14)20-12-18(15-2-7-25-23-17(15)4-8-26-23)16-3-6-24-22(21(16)28-20)19-5-9-27-29-19/h2-9,12,14H,10-11,13H2,1H3,(H,25,26)(H,27,29)/t14-/m1/s1. The third-order valence-electron chi connectivity index (χ3n) is 5.88. The van der Waals surface area contributed by atoms with Gasteiger partial charge in [0.2, 0.25) is 0 Å². The van der Waals surface area contributed by atoms with Crippen molar-refractivity contribution >= 4 is 27.8 Å². The number of hydrogen-bond acceptors (Lipinski definition) is 6. The fourth-order valence-electron chi connectivity index (χ4n) is 4.36. The Balaban J connectivity index is 1.67. The van der Waals surface area contributed by atoms with Crippen LogP contribution in [0, 0.1) is 0 Å². The van der Waals surface area contributed by atoms with Gasteiger partial charge in [0.25, 0.3) is 0 Å². The van der Waals surface area contributed by atoms with Crippen LogP contribution in [0.15, 0.2) is 55.1 Å². The van der Waals surface area contributed by atoms with Gasteiger partial charge >= 0.3 is 0 Å². The van der Waals surface area contributed by atoms with E-state index in [2.05, 4.69) is 55.2 Å². The smallest absolute Gasteiger partial charge is 0.137 e. The van der Waals surface area contributed by atoms with Crippen LogP contribution in [-0.4, -0.2) is 55.9 Å². The minimum atomic E-state index is 0.239. The molecule has 5 aromatic heterocycles. The summed E-state index contributed by atoms with van der Waals surface area (Å²) < 4.78 is 5.66. The third-order valence-corrected chi connectivity index (χ3v) is 5.88. The number of ether oxygens (including phenoxy) is 1. The molecule has 154 valence electrons. The summed E-state index contributed by atoms with van der Waals surface area (Å²) in [6.45, 7) is 4.35. The Labute approximate surface area is 178 Å². The van der Waals surface area contributed by atoms with E-state index in [0.717, 1.165) is 56.8 Å². The Morgan fingerprint density at radius 3 is 2.84 bits per heavy atom. The minimum Gasteiger partial charge on any atom is -0.377 e. The zero-order chi connectivity index (χ0) is 20.8. The van der Waals surface area contributed by atoms with Crippen molar-refractivity contribution in [1.82, 2.24) is 30.1 Å². The van der Waals surface area contributed by atoms with E-state index in [1.807, 2.05) is 30.7 Å². The summed E-state index contributed by atoms with van der Waals surface area (Å²) in [5.74, 6) is 0.924. The summed E-state index contributed by atoms with van der Waals surface area (Å²) in [5.41, 5.74) is 5.57. The number of nitrogens with zero attached hydrogens (tertiary/aromatic N) is 5. The molecule has 0 aromatic carbocycles. The van der Waals surface area contributed by atoms with Crippen molar-refractivity contribution in [2.75, 3.05) is 24.7 Å². The normalized spacial score (nSPS) is 16.9. The van der Waals surface area contributed by atoms with Crippen molar-refractivity contribution in [3.63, 3.8) is 0 Å². The fourth-order valence-corrected chi connectivity index (χ4v) is 4.36. The molecule has 8 heteroatoms. The highest BCUT2D eigenvalue weighted by Gasteiger charge is 2.23. The molecule has 0 aliphatic carbocycles. The number of pyridine rings is 3. The van der Waals surface area contributed by atoms with Crippen molar-refractivity contribution in [1.29, 1.82) is 0 Å². The molecule has 0 unspecified atom stereocenters. The van der Waals surface area contributed by atoms with Crippen molar-refractivity contribution < 1.29 is 4.74 Å². The van der Waals surface area contributed by atoms with Gasteiger partial charge in [-0.1, -0.05) is 0 Å². The van der Waals surface area contributed by atoms with Crippen LogP contribution >= 0.6 is 0 Å². The summed E-state index contributed by atoms with van der Waals surface area (Å²) in [6.07, 6.45) is 7.33. The number of fused-ring (bicyclic) bond motifs is 2. The number of nitrogens with one attached hydrogen (secondary N) is 2. The summed E-state index contributed by atoms with van der Waals surface area (Å²) in [6, 6.07) is 10.5. The van der Waals surface area contributed by atoms with Crippen molar-refractivity contribution in [3.8, 4) is 22.5 Å². The second-order valence-electron chi connectivity index (χ2n) is 7.77. The van der Waals surface area contributed by atoms with Gasteiger partial charge in [0.05, 0.1) is 24.9 Å². The molecule has 0 radical (unpaired) electrons. The predicted molar refractivity (Wildman–Crippen MR) is 120 cm³/mol. The largest absolute Gasteiger partial charge is 0.377 e. The van der Waals surface area contributed by atoms with Crippen LogP contribution in [0.5, 0.6) is 0 Å². The molecule has 1 aliphatic rings. The third kappa shape index (κ3) is 2.95. The highest BCUT2D eigenvalue weighted by atomic mass is 16.5. The number of H-pyrrole nitrogens is 2. The average Bonchev–Trinajstić information content (AvgIpc) is 3.50. The molecule has 0 saturated carbocycles. The lowest BCUT2D eigenvalue weighted by molar-refractivity contribution is 0.0986. The molecule has 2 N–H and O–H groups in total. The van der Waals surface area contributed by atoms with E-state index in [1.54, 1.807) is 6.20 Å². The van der Waals surface area contributed by atoms with Crippen LogP contribution in [0.2, 0.25) is 0 Å². The first-order valence-electron chi connectivity index (χ1n) is 10.4. The predicted octanol–water partition coefficient (Wildman–Crippen LogP) is 3.79. The fraction of sp³-hybridized carbons (Fsp3) is 0.217. The van der Waals surface area contributed by atoms with Crippen LogP contribution in [0.1, 0.15) is 6.92 Å². The van der Waals surface area contributed by atoms with Crippen LogP contribution in [0.25, 0.3) is 44.5 Å². The number of anilines is 1. The molecule has 1 atom stereocenters. The van der Waals surface area contributed by atoms with Crippen molar-refractivity contribution in [2.45, 2.75) is 13.0 Å². The highest BCUT2D eigenvalue weighted by molar-refractivity contribution is 6.06. The number of morpholine rings is 1. The Kier molecular flexibility index (Phi) is 4.17. The van der Waals surface area contributed by atoms with Gasteiger partial charge in [0, 0.05) is 42.1 Å². The van der Waals surface area contributed by atoms with Gasteiger partial charge in [-0.2, -0.15) is 5.10 Å². The molecule has 1 fully saturated rings. The molecule has 0 spiro atoms. The van der Waals surface area contributed by atoms with Crippen LogP contribution in [-0.2, 0) is 4.74 Å². The molecular formula is C23H21N7O. The van der Waals surface area contributed by atoms with Crippen LogP contribution in [0.3, 0.4) is 0 Å². The van der Waals surface area contributed by atoms with Crippen molar-refractivity contribution in [3.05, 3.63) is 55.1 Å².